The molecule has 1 aromatic carbocycles. The molecule has 2 rings (SSSR count). The third-order valence-electron chi connectivity index (χ3n) is 2.42. The van der Waals surface area contributed by atoms with E-state index >= 15 is 0 Å². The number of aromatic nitrogens is 2. The van der Waals surface area contributed by atoms with Crippen LogP contribution in [0.15, 0.2) is 30.6 Å². The summed E-state index contributed by atoms with van der Waals surface area (Å²) in [6, 6.07) is 4.95. The van der Waals surface area contributed by atoms with Crippen molar-refractivity contribution in [1.82, 2.24) is 9.97 Å². The average Bonchev–Trinajstić information content (AvgIpc) is 2.33. The van der Waals surface area contributed by atoms with Crippen molar-refractivity contribution in [1.29, 1.82) is 0 Å². The van der Waals surface area contributed by atoms with Gasteiger partial charge in [0, 0.05) is 6.20 Å². The Hall–Kier alpha value is -1.16. The standard InChI is InChI=1S/C12H11Cl2N3/c1-7-5-17-11(6-16-7)12(15)8-2-3-9(13)10(14)4-8/h2-6,12H,15H2,1H3. The number of aryl methyl sites for hydroxylation is 1. The third kappa shape index (κ3) is 2.75. The van der Waals surface area contributed by atoms with Gasteiger partial charge in [-0.2, -0.15) is 0 Å². The summed E-state index contributed by atoms with van der Waals surface area (Å²) in [4.78, 5) is 8.41. The third-order valence-corrected chi connectivity index (χ3v) is 3.16. The quantitative estimate of drug-likeness (QED) is 0.910. The smallest absolute Gasteiger partial charge is 0.0799 e. The summed E-state index contributed by atoms with van der Waals surface area (Å²) in [7, 11) is 0. The van der Waals surface area contributed by atoms with E-state index in [9.17, 15) is 0 Å². The number of hydrogen-bond acceptors (Lipinski definition) is 3. The highest BCUT2D eigenvalue weighted by atomic mass is 35.5. The van der Waals surface area contributed by atoms with Gasteiger partial charge in [-0.15, -0.1) is 0 Å². The SMILES string of the molecule is Cc1cnc(C(N)c2ccc(Cl)c(Cl)c2)cn1. The molecule has 0 aliphatic heterocycles. The molecule has 2 N–H and O–H groups in total. The molecule has 1 unspecified atom stereocenters. The van der Waals surface area contributed by atoms with Gasteiger partial charge in [0.15, 0.2) is 0 Å². The summed E-state index contributed by atoms with van der Waals surface area (Å²) < 4.78 is 0. The molecular formula is C12H11Cl2N3. The van der Waals surface area contributed by atoms with Crippen LogP contribution in [0.5, 0.6) is 0 Å². The van der Waals surface area contributed by atoms with Gasteiger partial charge in [-0.05, 0) is 24.6 Å². The molecule has 0 fully saturated rings. The minimum absolute atomic E-state index is 0.349. The van der Waals surface area contributed by atoms with Gasteiger partial charge in [0.25, 0.3) is 0 Å². The van der Waals surface area contributed by atoms with Crippen LogP contribution in [0.1, 0.15) is 23.0 Å². The molecule has 5 heteroatoms. The molecule has 0 spiro atoms. The highest BCUT2D eigenvalue weighted by Crippen LogP contribution is 2.26. The van der Waals surface area contributed by atoms with E-state index in [-0.39, 0.29) is 6.04 Å². The maximum Gasteiger partial charge on any atom is 0.0799 e. The second-order valence-electron chi connectivity index (χ2n) is 3.73. The van der Waals surface area contributed by atoms with Gasteiger partial charge in [-0.1, -0.05) is 29.3 Å². The molecule has 0 aliphatic carbocycles. The number of halogens is 2. The van der Waals surface area contributed by atoms with Gasteiger partial charge in [0.05, 0.1) is 33.7 Å². The van der Waals surface area contributed by atoms with Crippen LogP contribution in [0.2, 0.25) is 10.0 Å². The van der Waals surface area contributed by atoms with Crippen molar-refractivity contribution in [2.24, 2.45) is 5.73 Å². The van der Waals surface area contributed by atoms with Crippen molar-refractivity contribution >= 4 is 23.2 Å². The second-order valence-corrected chi connectivity index (χ2v) is 4.55. The monoisotopic (exact) mass is 267 g/mol. The lowest BCUT2D eigenvalue weighted by Crippen LogP contribution is -2.14. The zero-order valence-electron chi connectivity index (χ0n) is 9.19. The summed E-state index contributed by atoms with van der Waals surface area (Å²) in [5.74, 6) is 0. The van der Waals surface area contributed by atoms with E-state index in [1.54, 1.807) is 24.5 Å². The van der Waals surface area contributed by atoms with Gasteiger partial charge < -0.3 is 5.73 Å². The molecule has 88 valence electrons. The summed E-state index contributed by atoms with van der Waals surface area (Å²) in [6.45, 7) is 1.88. The second kappa shape index (κ2) is 5.00. The molecule has 1 aromatic heterocycles. The lowest BCUT2D eigenvalue weighted by atomic mass is 10.1. The predicted molar refractivity (Wildman–Crippen MR) is 69.3 cm³/mol. The van der Waals surface area contributed by atoms with E-state index in [1.807, 2.05) is 13.0 Å². The molecule has 2 aromatic rings. The molecule has 0 saturated heterocycles. The van der Waals surface area contributed by atoms with Gasteiger partial charge in [-0.3, -0.25) is 9.97 Å². The lowest BCUT2D eigenvalue weighted by molar-refractivity contribution is 0.813. The Balaban J connectivity index is 2.33. The van der Waals surface area contributed by atoms with Crippen molar-refractivity contribution in [3.8, 4) is 0 Å². The summed E-state index contributed by atoms with van der Waals surface area (Å²) in [5, 5.41) is 0.997. The first-order chi connectivity index (χ1) is 8.08. The first-order valence-electron chi connectivity index (χ1n) is 5.07. The van der Waals surface area contributed by atoms with Crippen molar-refractivity contribution < 1.29 is 0 Å². The van der Waals surface area contributed by atoms with Gasteiger partial charge in [0.2, 0.25) is 0 Å². The average molecular weight is 268 g/mol. The van der Waals surface area contributed by atoms with Crippen LogP contribution in [0.4, 0.5) is 0 Å². The summed E-state index contributed by atoms with van der Waals surface area (Å²) in [6.07, 6.45) is 3.36. The molecule has 0 aliphatic rings. The van der Waals surface area contributed by atoms with Crippen molar-refractivity contribution in [3.63, 3.8) is 0 Å². The van der Waals surface area contributed by atoms with Crippen LogP contribution in [0, 0.1) is 6.92 Å². The maximum absolute atomic E-state index is 6.08. The molecule has 17 heavy (non-hydrogen) atoms. The fraction of sp³-hybridized carbons (Fsp3) is 0.167. The van der Waals surface area contributed by atoms with Crippen molar-refractivity contribution in [2.45, 2.75) is 13.0 Å². The molecular weight excluding hydrogens is 257 g/mol. The summed E-state index contributed by atoms with van der Waals surface area (Å²) >= 11 is 11.8. The van der Waals surface area contributed by atoms with Crippen LogP contribution in [0.25, 0.3) is 0 Å². The van der Waals surface area contributed by atoms with Crippen LogP contribution in [-0.4, -0.2) is 9.97 Å². The molecule has 1 atom stereocenters. The highest BCUT2D eigenvalue weighted by Gasteiger charge is 2.12. The van der Waals surface area contributed by atoms with E-state index in [0.29, 0.717) is 15.7 Å². The molecule has 3 nitrogen and oxygen atoms in total. The van der Waals surface area contributed by atoms with E-state index in [0.717, 1.165) is 11.3 Å². The van der Waals surface area contributed by atoms with E-state index < -0.39 is 0 Å². The molecule has 0 amide bonds. The van der Waals surface area contributed by atoms with Gasteiger partial charge in [-0.25, -0.2) is 0 Å². The number of hydrogen-bond donors (Lipinski definition) is 1. The Bertz CT molecular complexity index is 526. The fourth-order valence-corrected chi connectivity index (χ4v) is 1.75. The van der Waals surface area contributed by atoms with Crippen LogP contribution in [0.3, 0.4) is 0 Å². The Kier molecular flexibility index (Phi) is 3.62. The molecule has 0 saturated carbocycles. The molecule has 0 radical (unpaired) electrons. The molecule has 0 bridgehead atoms. The highest BCUT2D eigenvalue weighted by molar-refractivity contribution is 6.42. The first kappa shape index (κ1) is 12.3. The number of nitrogens with two attached hydrogens (primary N) is 1. The van der Waals surface area contributed by atoms with Crippen molar-refractivity contribution in [3.05, 3.63) is 57.6 Å². The Morgan fingerprint density at radius 3 is 2.47 bits per heavy atom. The summed E-state index contributed by atoms with van der Waals surface area (Å²) in [5.41, 5.74) is 8.50. The lowest BCUT2D eigenvalue weighted by Gasteiger charge is -2.12. The Morgan fingerprint density at radius 1 is 1.12 bits per heavy atom. The topological polar surface area (TPSA) is 51.8 Å². The van der Waals surface area contributed by atoms with Crippen LogP contribution < -0.4 is 5.73 Å². The van der Waals surface area contributed by atoms with Gasteiger partial charge in [0.1, 0.15) is 0 Å². The maximum atomic E-state index is 6.08. The number of nitrogens with zero attached hydrogens (tertiary/aromatic N) is 2. The van der Waals surface area contributed by atoms with E-state index in [2.05, 4.69) is 9.97 Å². The Morgan fingerprint density at radius 2 is 1.88 bits per heavy atom. The van der Waals surface area contributed by atoms with Crippen LogP contribution in [-0.2, 0) is 0 Å². The minimum atomic E-state index is -0.349. The van der Waals surface area contributed by atoms with E-state index in [4.69, 9.17) is 28.9 Å². The predicted octanol–water partition coefficient (Wildman–Crippen LogP) is 3.14. The number of rotatable bonds is 2. The van der Waals surface area contributed by atoms with Crippen LogP contribution >= 0.6 is 23.2 Å². The zero-order chi connectivity index (χ0) is 12.4. The minimum Gasteiger partial charge on any atom is -0.319 e. The first-order valence-corrected chi connectivity index (χ1v) is 5.82. The normalized spacial score (nSPS) is 12.5. The fourth-order valence-electron chi connectivity index (χ4n) is 1.44. The van der Waals surface area contributed by atoms with Crippen molar-refractivity contribution in [2.75, 3.05) is 0 Å². The van der Waals surface area contributed by atoms with E-state index in [1.165, 1.54) is 0 Å². The Labute approximate surface area is 110 Å². The number of benzene rings is 1. The molecule has 1 heterocycles. The van der Waals surface area contributed by atoms with Gasteiger partial charge >= 0.3 is 0 Å². The largest absolute Gasteiger partial charge is 0.319 e. The zero-order valence-corrected chi connectivity index (χ0v) is 10.7.